The van der Waals surface area contributed by atoms with Gasteiger partial charge in [0.05, 0.1) is 6.54 Å². The first kappa shape index (κ1) is 16.6. The molecule has 1 fully saturated rings. The molecule has 1 aliphatic carbocycles. The van der Waals surface area contributed by atoms with Gasteiger partial charge in [0, 0.05) is 5.92 Å². The van der Waals surface area contributed by atoms with Crippen LogP contribution in [0.5, 0.6) is 0 Å². The van der Waals surface area contributed by atoms with Crippen molar-refractivity contribution in [3.8, 4) is 0 Å². The van der Waals surface area contributed by atoms with Gasteiger partial charge in [-0.1, -0.05) is 36.6 Å². The number of amides is 1. The summed E-state index contributed by atoms with van der Waals surface area (Å²) >= 11 is 0. The molecule has 3 rings (SSSR count). The highest BCUT2D eigenvalue weighted by Crippen LogP contribution is 2.30. The van der Waals surface area contributed by atoms with Crippen molar-refractivity contribution >= 4 is 5.91 Å². The Hall–Kier alpha value is -2.28. The van der Waals surface area contributed by atoms with E-state index in [2.05, 4.69) is 15.5 Å². The van der Waals surface area contributed by atoms with Crippen molar-refractivity contribution in [2.45, 2.75) is 50.7 Å². The zero-order valence-corrected chi connectivity index (χ0v) is 13.2. The lowest BCUT2D eigenvalue weighted by molar-refractivity contribution is -0.129. The summed E-state index contributed by atoms with van der Waals surface area (Å²) in [7, 11) is 0. The van der Waals surface area contributed by atoms with Crippen LogP contribution < -0.4 is 5.32 Å². The summed E-state index contributed by atoms with van der Waals surface area (Å²) in [5.41, 5.74) is 0.322. The third kappa shape index (κ3) is 3.97. The minimum absolute atomic E-state index is 0.0524. The zero-order chi connectivity index (χ0) is 16.9. The molecule has 1 aliphatic rings. The molecule has 1 unspecified atom stereocenters. The van der Waals surface area contributed by atoms with E-state index in [4.69, 9.17) is 4.52 Å². The number of carbonyl (C=O) groups excluding carboxylic acids is 1. The maximum atomic E-state index is 12.9. The van der Waals surface area contributed by atoms with Gasteiger partial charge >= 0.3 is 0 Å². The number of benzene rings is 1. The molecule has 2 N–H and O–H groups in total. The molecule has 2 aromatic rings. The molecule has 128 valence electrons. The monoisotopic (exact) mass is 333 g/mol. The molecule has 0 bridgehead atoms. The van der Waals surface area contributed by atoms with Crippen molar-refractivity contribution in [2.24, 2.45) is 0 Å². The van der Waals surface area contributed by atoms with Crippen LogP contribution in [-0.4, -0.2) is 21.2 Å². The average Bonchev–Trinajstić information content (AvgIpc) is 3.09. The Morgan fingerprint density at radius 2 is 2.00 bits per heavy atom. The van der Waals surface area contributed by atoms with Crippen LogP contribution in [0.4, 0.5) is 4.39 Å². The number of aliphatic hydroxyl groups excluding tert-OH is 1. The largest absolute Gasteiger partial charge is 0.378 e. The van der Waals surface area contributed by atoms with E-state index in [1.54, 1.807) is 0 Å². The summed E-state index contributed by atoms with van der Waals surface area (Å²) in [6.07, 6.45) is 4.36. The maximum Gasteiger partial charge on any atom is 0.253 e. The summed E-state index contributed by atoms with van der Waals surface area (Å²) in [6.45, 7) is 0.0524. The number of halogens is 1. The number of nitrogens with one attached hydrogen (secondary N) is 1. The van der Waals surface area contributed by atoms with Gasteiger partial charge in [0.15, 0.2) is 11.9 Å². The van der Waals surface area contributed by atoms with Gasteiger partial charge in [0.25, 0.3) is 5.91 Å². The van der Waals surface area contributed by atoms with E-state index in [0.29, 0.717) is 23.2 Å². The molecule has 0 aliphatic heterocycles. The fourth-order valence-corrected chi connectivity index (χ4v) is 2.92. The molecule has 0 spiro atoms. The lowest BCUT2D eigenvalue weighted by Gasteiger charge is -2.17. The van der Waals surface area contributed by atoms with Gasteiger partial charge in [-0.2, -0.15) is 4.98 Å². The van der Waals surface area contributed by atoms with Crippen LogP contribution in [0.1, 0.15) is 61.4 Å². The topological polar surface area (TPSA) is 88.3 Å². The van der Waals surface area contributed by atoms with Crippen molar-refractivity contribution < 1.29 is 18.8 Å². The van der Waals surface area contributed by atoms with Crippen LogP contribution in [0, 0.1) is 5.82 Å². The zero-order valence-electron chi connectivity index (χ0n) is 13.2. The number of nitrogens with zero attached hydrogens (tertiary/aromatic N) is 2. The second-order valence-corrected chi connectivity index (χ2v) is 6.05. The molecule has 1 amide bonds. The predicted molar refractivity (Wildman–Crippen MR) is 83.3 cm³/mol. The van der Waals surface area contributed by atoms with E-state index in [1.807, 2.05) is 0 Å². The molecular formula is C17H20FN3O3. The van der Waals surface area contributed by atoms with Crippen LogP contribution in [0.2, 0.25) is 0 Å². The molecule has 24 heavy (non-hydrogen) atoms. The Bertz CT molecular complexity index is 681. The van der Waals surface area contributed by atoms with Crippen LogP contribution >= 0.6 is 0 Å². The number of hydrogen-bond acceptors (Lipinski definition) is 5. The molecule has 1 heterocycles. The highest BCUT2D eigenvalue weighted by Gasteiger charge is 2.22. The molecule has 0 saturated heterocycles. The van der Waals surface area contributed by atoms with Gasteiger partial charge in [-0.25, -0.2) is 4.39 Å². The highest BCUT2D eigenvalue weighted by atomic mass is 19.1. The lowest BCUT2D eigenvalue weighted by atomic mass is 9.89. The Morgan fingerprint density at radius 1 is 1.29 bits per heavy atom. The van der Waals surface area contributed by atoms with Crippen LogP contribution in [0.3, 0.4) is 0 Å². The Labute approximate surface area is 139 Å². The summed E-state index contributed by atoms with van der Waals surface area (Å²) in [4.78, 5) is 16.3. The van der Waals surface area contributed by atoms with Gasteiger partial charge < -0.3 is 14.9 Å². The summed E-state index contributed by atoms with van der Waals surface area (Å²) in [6, 6.07) is 5.13. The number of hydrogen-bond donors (Lipinski definition) is 2. The minimum Gasteiger partial charge on any atom is -0.378 e. The molecule has 1 aromatic heterocycles. The fraction of sp³-hybridized carbons (Fsp3) is 0.471. The molecule has 1 atom stereocenters. The third-order valence-corrected chi connectivity index (χ3v) is 4.30. The van der Waals surface area contributed by atoms with Gasteiger partial charge in [0.2, 0.25) is 5.89 Å². The SMILES string of the molecule is O=C(NCc1nc(C2CCCCC2)no1)C(O)c1ccc(F)cc1. The Morgan fingerprint density at radius 3 is 2.71 bits per heavy atom. The van der Waals surface area contributed by atoms with E-state index < -0.39 is 17.8 Å². The summed E-state index contributed by atoms with van der Waals surface area (Å²) in [5.74, 6) is 0.316. The Kier molecular flexibility index (Phi) is 5.20. The van der Waals surface area contributed by atoms with Crippen molar-refractivity contribution in [3.05, 3.63) is 47.4 Å². The number of carbonyl (C=O) groups is 1. The number of aromatic nitrogens is 2. The molecule has 1 aromatic carbocycles. The van der Waals surface area contributed by atoms with Gasteiger partial charge in [-0.3, -0.25) is 4.79 Å². The Balaban J connectivity index is 1.54. The van der Waals surface area contributed by atoms with Gasteiger partial charge in [-0.15, -0.1) is 0 Å². The molecule has 1 saturated carbocycles. The van der Waals surface area contributed by atoms with E-state index in [-0.39, 0.29) is 6.54 Å². The molecule has 7 heteroatoms. The molecule has 6 nitrogen and oxygen atoms in total. The van der Waals surface area contributed by atoms with Gasteiger partial charge in [0.1, 0.15) is 5.82 Å². The van der Waals surface area contributed by atoms with Crippen LogP contribution in [-0.2, 0) is 11.3 Å². The normalized spacial score (nSPS) is 16.8. The third-order valence-electron chi connectivity index (χ3n) is 4.30. The first-order chi connectivity index (χ1) is 11.6. The second-order valence-electron chi connectivity index (χ2n) is 6.05. The molecule has 0 radical (unpaired) electrons. The standard InChI is InChI=1S/C17H20FN3O3/c18-13-8-6-11(7-9-13)15(22)17(23)19-10-14-20-16(21-24-14)12-4-2-1-3-5-12/h6-9,12,15,22H,1-5,10H2,(H,19,23). The maximum absolute atomic E-state index is 12.9. The quantitative estimate of drug-likeness (QED) is 0.878. The summed E-state index contributed by atoms with van der Waals surface area (Å²) in [5, 5.41) is 16.5. The smallest absolute Gasteiger partial charge is 0.253 e. The first-order valence-corrected chi connectivity index (χ1v) is 8.17. The number of aliphatic hydroxyl groups is 1. The van der Waals surface area contributed by atoms with Crippen molar-refractivity contribution in [2.75, 3.05) is 0 Å². The van der Waals surface area contributed by atoms with E-state index >= 15 is 0 Å². The van der Waals surface area contributed by atoms with E-state index in [9.17, 15) is 14.3 Å². The van der Waals surface area contributed by atoms with Crippen molar-refractivity contribution in [1.29, 1.82) is 0 Å². The number of rotatable bonds is 5. The average molecular weight is 333 g/mol. The first-order valence-electron chi connectivity index (χ1n) is 8.17. The van der Waals surface area contributed by atoms with Crippen molar-refractivity contribution in [3.63, 3.8) is 0 Å². The van der Waals surface area contributed by atoms with Crippen molar-refractivity contribution in [1.82, 2.24) is 15.5 Å². The van der Waals surface area contributed by atoms with Gasteiger partial charge in [-0.05, 0) is 30.5 Å². The molecular weight excluding hydrogens is 313 g/mol. The fourth-order valence-electron chi connectivity index (χ4n) is 2.92. The van der Waals surface area contributed by atoms with E-state index in [0.717, 1.165) is 12.8 Å². The van der Waals surface area contributed by atoms with Crippen LogP contribution in [0.15, 0.2) is 28.8 Å². The van der Waals surface area contributed by atoms with E-state index in [1.165, 1.54) is 43.5 Å². The van der Waals surface area contributed by atoms with Crippen LogP contribution in [0.25, 0.3) is 0 Å². The lowest BCUT2D eigenvalue weighted by Crippen LogP contribution is -2.29. The predicted octanol–water partition coefficient (Wildman–Crippen LogP) is 2.61. The summed E-state index contributed by atoms with van der Waals surface area (Å²) < 4.78 is 18.0. The minimum atomic E-state index is -1.37. The second kappa shape index (κ2) is 7.53. The highest BCUT2D eigenvalue weighted by molar-refractivity contribution is 5.81.